The molecule has 0 fully saturated rings. The molecule has 3 aromatic carbocycles. The van der Waals surface area contributed by atoms with Crippen LogP contribution in [0.3, 0.4) is 0 Å². The number of halogens is 4. The summed E-state index contributed by atoms with van der Waals surface area (Å²) in [4.78, 5) is 22.6. The average Bonchev–Trinajstić information content (AvgIpc) is 3.26. The fourth-order valence-electron chi connectivity index (χ4n) is 3.96. The maximum atomic E-state index is 15.0. The van der Waals surface area contributed by atoms with Crippen LogP contribution < -0.4 is 4.74 Å². The Morgan fingerprint density at radius 3 is 2.19 bits per heavy atom. The molecule has 0 amide bonds. The first-order valence-electron chi connectivity index (χ1n) is 11.1. The van der Waals surface area contributed by atoms with E-state index in [2.05, 4.69) is 13.2 Å². The molecule has 190 valence electrons. The summed E-state index contributed by atoms with van der Waals surface area (Å²) in [6, 6.07) is 11.7. The second-order valence-corrected chi connectivity index (χ2v) is 8.02. The monoisotopic (exact) mass is 512 g/mol. The number of fused-ring (bicyclic) bond motifs is 3. The highest BCUT2D eigenvalue weighted by Crippen LogP contribution is 2.45. The van der Waals surface area contributed by atoms with Crippen LogP contribution in [0.2, 0.25) is 0 Å². The van der Waals surface area contributed by atoms with Crippen molar-refractivity contribution >= 4 is 33.9 Å². The Bertz CT molecular complexity index is 1510. The van der Waals surface area contributed by atoms with Gasteiger partial charge < -0.3 is 13.9 Å². The first kappa shape index (κ1) is 25.7. The third kappa shape index (κ3) is 5.25. The number of furan rings is 1. The number of ether oxygens (including phenoxy) is 2. The minimum absolute atomic E-state index is 0.0669. The van der Waals surface area contributed by atoms with Crippen molar-refractivity contribution in [3.63, 3.8) is 0 Å². The largest absolute Gasteiger partial charge is 0.463 e. The molecule has 0 aliphatic rings. The lowest BCUT2D eigenvalue weighted by Crippen LogP contribution is -2.08. The normalized spacial score (nSPS) is 11.5. The summed E-state index contributed by atoms with van der Waals surface area (Å²) in [5.74, 6) is -3.03. The summed E-state index contributed by atoms with van der Waals surface area (Å²) in [7, 11) is 0. The third-order valence-electron chi connectivity index (χ3n) is 5.66. The van der Waals surface area contributed by atoms with Crippen molar-refractivity contribution in [1.82, 2.24) is 0 Å². The van der Waals surface area contributed by atoms with Gasteiger partial charge in [0.05, 0.1) is 6.61 Å². The second-order valence-electron chi connectivity index (χ2n) is 8.02. The van der Waals surface area contributed by atoms with Gasteiger partial charge in [-0.15, -0.1) is 0 Å². The molecule has 0 spiro atoms. The highest BCUT2D eigenvalue weighted by Gasteiger charge is 2.38. The topological polar surface area (TPSA) is 65.7 Å². The number of rotatable bonds is 8. The van der Waals surface area contributed by atoms with Gasteiger partial charge >= 0.3 is 18.1 Å². The Hall–Kier alpha value is -4.40. The van der Waals surface area contributed by atoms with Gasteiger partial charge in [0.1, 0.15) is 11.1 Å². The Morgan fingerprint density at radius 2 is 1.54 bits per heavy atom. The molecule has 0 unspecified atom stereocenters. The molecule has 0 N–H and O–H groups in total. The van der Waals surface area contributed by atoms with Crippen molar-refractivity contribution in [1.29, 1.82) is 0 Å². The first-order valence-corrected chi connectivity index (χ1v) is 11.1. The van der Waals surface area contributed by atoms with Crippen molar-refractivity contribution in [2.75, 3.05) is 6.61 Å². The van der Waals surface area contributed by atoms with Crippen molar-refractivity contribution < 1.29 is 41.0 Å². The molecule has 0 aliphatic heterocycles. The molecule has 4 rings (SSSR count). The SMILES string of the molecule is C=CC(=O)OCCCc1ccc(-c2ccc3c(oc4c(F)c(OC(=O)C=C)ccc43)c2C(F)(F)F)cc1. The standard InChI is InChI=1S/C28H20F4O5/c1-3-22(33)35-15-5-6-16-7-9-17(10-8-16)18-11-12-19-20-13-14-21(36-23(34)4-2)25(29)27(20)37-26(19)24(18)28(30,31)32/h3-4,7-14H,1-2,5-6,15H2. The van der Waals surface area contributed by atoms with Crippen LogP contribution in [0.4, 0.5) is 17.6 Å². The van der Waals surface area contributed by atoms with E-state index < -0.39 is 46.4 Å². The van der Waals surface area contributed by atoms with Gasteiger partial charge in [-0.25, -0.2) is 9.59 Å². The molecule has 0 atom stereocenters. The summed E-state index contributed by atoms with van der Waals surface area (Å²) < 4.78 is 73.0. The van der Waals surface area contributed by atoms with Crippen LogP contribution in [-0.2, 0) is 26.9 Å². The molecule has 9 heteroatoms. The molecule has 4 aromatic rings. The van der Waals surface area contributed by atoms with E-state index in [0.29, 0.717) is 12.8 Å². The fraction of sp³-hybridized carbons (Fsp3) is 0.143. The smallest absolute Gasteiger partial charge is 0.420 e. The van der Waals surface area contributed by atoms with E-state index in [4.69, 9.17) is 13.9 Å². The lowest BCUT2D eigenvalue weighted by atomic mass is 9.95. The summed E-state index contributed by atoms with van der Waals surface area (Å²) in [6.07, 6.45) is -1.83. The molecule has 37 heavy (non-hydrogen) atoms. The van der Waals surface area contributed by atoms with Gasteiger partial charge in [0, 0.05) is 22.9 Å². The van der Waals surface area contributed by atoms with Gasteiger partial charge in [0.2, 0.25) is 5.82 Å². The van der Waals surface area contributed by atoms with E-state index in [1.54, 1.807) is 24.3 Å². The fourth-order valence-corrected chi connectivity index (χ4v) is 3.96. The third-order valence-corrected chi connectivity index (χ3v) is 5.66. The Morgan fingerprint density at radius 1 is 0.892 bits per heavy atom. The number of hydrogen-bond donors (Lipinski definition) is 0. The number of carbonyl (C=O) groups is 2. The maximum Gasteiger partial charge on any atom is 0.420 e. The average molecular weight is 512 g/mol. The van der Waals surface area contributed by atoms with Gasteiger partial charge in [-0.1, -0.05) is 43.5 Å². The predicted octanol–water partition coefficient (Wildman–Crippen LogP) is 7.16. The van der Waals surface area contributed by atoms with Gasteiger partial charge in [-0.3, -0.25) is 0 Å². The molecule has 1 heterocycles. The van der Waals surface area contributed by atoms with E-state index in [1.165, 1.54) is 18.2 Å². The van der Waals surface area contributed by atoms with E-state index in [1.807, 2.05) is 0 Å². The van der Waals surface area contributed by atoms with Crippen LogP contribution in [0.1, 0.15) is 17.5 Å². The zero-order valence-electron chi connectivity index (χ0n) is 19.4. The molecule has 0 radical (unpaired) electrons. The number of esters is 2. The zero-order valence-corrected chi connectivity index (χ0v) is 19.4. The highest BCUT2D eigenvalue weighted by atomic mass is 19.4. The maximum absolute atomic E-state index is 15.0. The number of alkyl halides is 3. The lowest BCUT2D eigenvalue weighted by molar-refractivity contribution is -0.138. The van der Waals surface area contributed by atoms with Crippen LogP contribution in [-0.4, -0.2) is 18.5 Å². The number of benzene rings is 3. The summed E-state index contributed by atoms with van der Waals surface area (Å²) >= 11 is 0. The van der Waals surface area contributed by atoms with E-state index in [0.717, 1.165) is 23.8 Å². The highest BCUT2D eigenvalue weighted by molar-refractivity contribution is 6.08. The summed E-state index contributed by atoms with van der Waals surface area (Å²) in [6.45, 7) is 6.73. The molecule has 0 saturated heterocycles. The van der Waals surface area contributed by atoms with E-state index in [9.17, 15) is 27.2 Å². The Balaban J connectivity index is 1.73. The molecule has 5 nitrogen and oxygen atoms in total. The van der Waals surface area contributed by atoms with Crippen LogP contribution >= 0.6 is 0 Å². The van der Waals surface area contributed by atoms with E-state index >= 15 is 0 Å². The minimum atomic E-state index is -4.81. The number of carbonyl (C=O) groups excluding carboxylic acids is 2. The zero-order chi connectivity index (χ0) is 26.7. The molecular formula is C28H20F4O5. The van der Waals surface area contributed by atoms with Crippen LogP contribution in [0.5, 0.6) is 5.75 Å². The van der Waals surface area contributed by atoms with Crippen molar-refractivity contribution in [2.45, 2.75) is 19.0 Å². The van der Waals surface area contributed by atoms with Crippen LogP contribution in [0, 0.1) is 5.82 Å². The van der Waals surface area contributed by atoms with Gasteiger partial charge in [-0.05, 0) is 47.7 Å². The first-order chi connectivity index (χ1) is 17.6. The quantitative estimate of drug-likeness (QED) is 0.0824. The molecule has 0 bridgehead atoms. The number of hydrogen-bond acceptors (Lipinski definition) is 5. The van der Waals surface area contributed by atoms with Crippen molar-refractivity contribution in [2.24, 2.45) is 0 Å². The minimum Gasteiger partial charge on any atom is -0.463 e. The predicted molar refractivity (Wildman–Crippen MR) is 129 cm³/mol. The van der Waals surface area contributed by atoms with Crippen LogP contribution in [0.25, 0.3) is 33.1 Å². The molecule has 0 aliphatic carbocycles. The lowest BCUT2D eigenvalue weighted by Gasteiger charge is -2.14. The Labute approximate surface area is 208 Å². The number of aryl methyl sites for hydroxylation is 1. The molecular weight excluding hydrogens is 492 g/mol. The second kappa shape index (κ2) is 10.3. The molecule has 1 aromatic heterocycles. The summed E-state index contributed by atoms with van der Waals surface area (Å²) in [5, 5.41) is 0.174. The van der Waals surface area contributed by atoms with Crippen molar-refractivity contribution in [3.8, 4) is 16.9 Å². The Kier molecular flexibility index (Phi) is 7.15. The van der Waals surface area contributed by atoms with Gasteiger partial charge in [-0.2, -0.15) is 17.6 Å². The molecule has 0 saturated carbocycles. The van der Waals surface area contributed by atoms with Crippen molar-refractivity contribution in [3.05, 3.63) is 90.8 Å². The van der Waals surface area contributed by atoms with Gasteiger partial charge in [0.15, 0.2) is 11.3 Å². The van der Waals surface area contributed by atoms with E-state index in [-0.39, 0.29) is 28.5 Å². The van der Waals surface area contributed by atoms with Crippen LogP contribution in [0.15, 0.2) is 78.3 Å². The van der Waals surface area contributed by atoms with Gasteiger partial charge in [0.25, 0.3) is 0 Å². The summed E-state index contributed by atoms with van der Waals surface area (Å²) in [5.41, 5.74) is -1.03.